The molecule has 3 N–H and O–H groups in total. The highest BCUT2D eigenvalue weighted by atomic mass is 16.3. The summed E-state index contributed by atoms with van der Waals surface area (Å²) >= 11 is 0. The van der Waals surface area contributed by atoms with Crippen LogP contribution in [0.5, 0.6) is 5.75 Å². The van der Waals surface area contributed by atoms with E-state index in [9.17, 15) is 9.90 Å². The van der Waals surface area contributed by atoms with Crippen molar-refractivity contribution in [3.63, 3.8) is 0 Å². The SMILES string of the molecule is O=C(Nc1cccc(-c2ccccc2)c1)Nc1cccc2cc(O)ccc12. The standard InChI is InChI=1S/C23H18N2O2/c26-20-12-13-21-18(15-20)9-5-11-22(21)25-23(27)24-19-10-4-8-17(14-19)16-6-2-1-3-7-16/h1-15,26H,(H2,24,25,27). The summed E-state index contributed by atoms with van der Waals surface area (Å²) in [5, 5.41) is 17.1. The van der Waals surface area contributed by atoms with Gasteiger partial charge in [-0.1, -0.05) is 54.6 Å². The Kier molecular flexibility index (Phi) is 4.45. The van der Waals surface area contributed by atoms with Crippen LogP contribution in [-0.2, 0) is 0 Å². The monoisotopic (exact) mass is 354 g/mol. The molecule has 4 aromatic carbocycles. The van der Waals surface area contributed by atoms with Gasteiger partial charge in [-0.05, 0) is 52.9 Å². The van der Waals surface area contributed by atoms with Gasteiger partial charge in [0.25, 0.3) is 0 Å². The zero-order valence-electron chi connectivity index (χ0n) is 14.5. The maximum Gasteiger partial charge on any atom is 0.323 e. The van der Waals surface area contributed by atoms with Crippen LogP contribution in [-0.4, -0.2) is 11.1 Å². The molecule has 4 rings (SSSR count). The van der Waals surface area contributed by atoms with E-state index in [0.717, 1.165) is 21.9 Å². The molecule has 4 heteroatoms. The van der Waals surface area contributed by atoms with Crippen LogP contribution in [0.15, 0.2) is 91.0 Å². The zero-order valence-corrected chi connectivity index (χ0v) is 14.5. The minimum atomic E-state index is -0.319. The first kappa shape index (κ1) is 16.7. The zero-order chi connectivity index (χ0) is 18.6. The molecule has 2 amide bonds. The number of benzene rings is 4. The van der Waals surface area contributed by atoms with Gasteiger partial charge in [0, 0.05) is 11.1 Å². The number of hydrogen-bond donors (Lipinski definition) is 3. The van der Waals surface area contributed by atoms with Crippen LogP contribution in [0.4, 0.5) is 16.2 Å². The van der Waals surface area contributed by atoms with Crippen LogP contribution in [0, 0.1) is 0 Å². The molecule has 0 atom stereocenters. The summed E-state index contributed by atoms with van der Waals surface area (Å²) in [4.78, 5) is 12.5. The molecular formula is C23H18N2O2. The van der Waals surface area contributed by atoms with Gasteiger partial charge in [0.1, 0.15) is 5.75 Å². The minimum absolute atomic E-state index is 0.196. The largest absolute Gasteiger partial charge is 0.508 e. The fraction of sp³-hybridized carbons (Fsp3) is 0. The lowest BCUT2D eigenvalue weighted by Gasteiger charge is -2.11. The molecule has 27 heavy (non-hydrogen) atoms. The van der Waals surface area contributed by atoms with Crippen LogP contribution in [0.3, 0.4) is 0 Å². The number of carbonyl (C=O) groups excluding carboxylic acids is 1. The van der Waals surface area contributed by atoms with E-state index in [1.54, 1.807) is 18.2 Å². The molecule has 4 nitrogen and oxygen atoms in total. The number of anilines is 2. The number of phenols is 1. The summed E-state index contributed by atoms with van der Waals surface area (Å²) < 4.78 is 0. The van der Waals surface area contributed by atoms with Gasteiger partial charge < -0.3 is 15.7 Å². The number of rotatable bonds is 3. The summed E-state index contributed by atoms with van der Waals surface area (Å²) in [6.07, 6.45) is 0. The van der Waals surface area contributed by atoms with Crippen molar-refractivity contribution in [1.82, 2.24) is 0 Å². The van der Waals surface area contributed by atoms with Crippen molar-refractivity contribution in [3.05, 3.63) is 91.0 Å². The lowest BCUT2D eigenvalue weighted by atomic mass is 10.1. The average molecular weight is 354 g/mol. The van der Waals surface area contributed by atoms with Crippen LogP contribution in [0.1, 0.15) is 0 Å². The van der Waals surface area contributed by atoms with E-state index in [-0.39, 0.29) is 11.8 Å². The van der Waals surface area contributed by atoms with Crippen LogP contribution in [0.2, 0.25) is 0 Å². The van der Waals surface area contributed by atoms with Crippen molar-refractivity contribution in [2.24, 2.45) is 0 Å². The summed E-state index contributed by atoms with van der Waals surface area (Å²) in [7, 11) is 0. The van der Waals surface area contributed by atoms with E-state index in [1.165, 1.54) is 0 Å². The minimum Gasteiger partial charge on any atom is -0.508 e. The van der Waals surface area contributed by atoms with Gasteiger partial charge >= 0.3 is 6.03 Å². The van der Waals surface area contributed by atoms with E-state index >= 15 is 0 Å². The number of fused-ring (bicyclic) bond motifs is 1. The second-order valence-corrected chi connectivity index (χ2v) is 6.24. The Balaban J connectivity index is 1.54. The quantitative estimate of drug-likeness (QED) is 0.432. The Bertz CT molecular complexity index is 1110. The number of nitrogens with one attached hydrogen (secondary N) is 2. The second kappa shape index (κ2) is 7.22. The molecule has 0 unspecified atom stereocenters. The molecule has 0 aliphatic carbocycles. The molecule has 0 fully saturated rings. The summed E-state index contributed by atoms with van der Waals surface area (Å²) in [5.74, 6) is 0.196. The van der Waals surface area contributed by atoms with Crippen molar-refractivity contribution >= 4 is 28.2 Å². The second-order valence-electron chi connectivity index (χ2n) is 6.24. The van der Waals surface area contributed by atoms with Crippen molar-refractivity contribution < 1.29 is 9.90 Å². The number of carbonyl (C=O) groups is 1. The molecule has 0 spiro atoms. The van der Waals surface area contributed by atoms with E-state index in [4.69, 9.17) is 0 Å². The van der Waals surface area contributed by atoms with Crippen LogP contribution < -0.4 is 10.6 Å². The smallest absolute Gasteiger partial charge is 0.323 e. The maximum atomic E-state index is 12.5. The van der Waals surface area contributed by atoms with Crippen molar-refractivity contribution in [1.29, 1.82) is 0 Å². The average Bonchev–Trinajstić information content (AvgIpc) is 2.69. The van der Waals surface area contributed by atoms with Crippen LogP contribution >= 0.6 is 0 Å². The number of amides is 2. The number of aromatic hydroxyl groups is 1. The fourth-order valence-electron chi connectivity index (χ4n) is 3.07. The predicted octanol–water partition coefficient (Wildman–Crippen LogP) is 5.86. The predicted molar refractivity (Wildman–Crippen MR) is 110 cm³/mol. The molecule has 0 aromatic heterocycles. The Morgan fingerprint density at radius 2 is 1.48 bits per heavy atom. The summed E-state index contributed by atoms with van der Waals surface area (Å²) in [6, 6.07) is 28.0. The summed E-state index contributed by atoms with van der Waals surface area (Å²) in [5.41, 5.74) is 3.53. The first-order valence-electron chi connectivity index (χ1n) is 8.64. The van der Waals surface area contributed by atoms with Gasteiger partial charge in [-0.25, -0.2) is 4.79 Å². The summed E-state index contributed by atoms with van der Waals surface area (Å²) in [6.45, 7) is 0. The van der Waals surface area contributed by atoms with Crippen molar-refractivity contribution in [2.75, 3.05) is 10.6 Å². The number of urea groups is 1. The lowest BCUT2D eigenvalue weighted by molar-refractivity contribution is 0.262. The molecule has 0 saturated carbocycles. The Hall–Kier alpha value is -3.79. The molecule has 0 aliphatic heterocycles. The van der Waals surface area contributed by atoms with E-state index in [1.807, 2.05) is 72.8 Å². The first-order valence-corrected chi connectivity index (χ1v) is 8.64. The van der Waals surface area contributed by atoms with Gasteiger partial charge in [-0.15, -0.1) is 0 Å². The Morgan fingerprint density at radius 3 is 2.33 bits per heavy atom. The number of hydrogen-bond acceptors (Lipinski definition) is 2. The molecule has 0 aliphatic rings. The van der Waals surface area contributed by atoms with Crippen LogP contribution in [0.25, 0.3) is 21.9 Å². The highest BCUT2D eigenvalue weighted by Gasteiger charge is 2.07. The van der Waals surface area contributed by atoms with E-state index in [2.05, 4.69) is 10.6 Å². The third-order valence-corrected chi connectivity index (χ3v) is 4.34. The van der Waals surface area contributed by atoms with Gasteiger partial charge in [-0.3, -0.25) is 0 Å². The molecule has 0 radical (unpaired) electrons. The molecule has 4 aromatic rings. The highest BCUT2D eigenvalue weighted by molar-refractivity contribution is 6.06. The molecular weight excluding hydrogens is 336 g/mol. The molecule has 0 saturated heterocycles. The van der Waals surface area contributed by atoms with Gasteiger partial charge in [0.15, 0.2) is 0 Å². The maximum absolute atomic E-state index is 12.5. The third-order valence-electron chi connectivity index (χ3n) is 4.34. The lowest BCUT2D eigenvalue weighted by Crippen LogP contribution is -2.19. The number of phenolic OH excluding ortho intramolecular Hbond substituents is 1. The van der Waals surface area contributed by atoms with Crippen molar-refractivity contribution in [2.45, 2.75) is 0 Å². The molecule has 132 valence electrons. The molecule has 0 bridgehead atoms. The highest BCUT2D eigenvalue weighted by Crippen LogP contribution is 2.27. The van der Waals surface area contributed by atoms with Gasteiger partial charge in [0.2, 0.25) is 0 Å². The third kappa shape index (κ3) is 3.75. The van der Waals surface area contributed by atoms with E-state index < -0.39 is 0 Å². The normalized spacial score (nSPS) is 10.5. The Labute approximate surface area is 157 Å². The van der Waals surface area contributed by atoms with E-state index in [0.29, 0.717) is 11.4 Å². The topological polar surface area (TPSA) is 61.4 Å². The van der Waals surface area contributed by atoms with Gasteiger partial charge in [0.05, 0.1) is 5.69 Å². The van der Waals surface area contributed by atoms with Crippen molar-refractivity contribution in [3.8, 4) is 16.9 Å². The molecule has 0 heterocycles. The Morgan fingerprint density at radius 1 is 0.704 bits per heavy atom. The first-order chi connectivity index (χ1) is 13.2. The fourth-order valence-corrected chi connectivity index (χ4v) is 3.07. The van der Waals surface area contributed by atoms with Gasteiger partial charge in [-0.2, -0.15) is 0 Å².